The molecule has 0 aliphatic rings. The highest BCUT2D eigenvalue weighted by Crippen LogP contribution is 2.29. The maximum atomic E-state index is 11.4. The van der Waals surface area contributed by atoms with Gasteiger partial charge in [0.05, 0.1) is 6.61 Å². The van der Waals surface area contributed by atoms with Gasteiger partial charge in [-0.1, -0.05) is 15.9 Å². The van der Waals surface area contributed by atoms with Gasteiger partial charge in [-0.05, 0) is 31.4 Å². The topological polar surface area (TPSA) is 46.5 Å². The zero-order chi connectivity index (χ0) is 12.1. The number of ether oxygens (including phenoxy) is 1. The fraction of sp³-hybridized carbons (Fsp3) is 0.364. The summed E-state index contributed by atoms with van der Waals surface area (Å²) in [5.74, 6) is -0.615. The number of aliphatic hydroxyl groups is 1. The van der Waals surface area contributed by atoms with E-state index in [0.717, 1.165) is 9.37 Å². The second-order valence-corrected chi connectivity index (χ2v) is 4.80. The van der Waals surface area contributed by atoms with Crippen molar-refractivity contribution in [2.45, 2.75) is 17.9 Å². The number of rotatable bonds is 4. The van der Waals surface area contributed by atoms with Crippen molar-refractivity contribution >= 4 is 33.7 Å². The maximum Gasteiger partial charge on any atom is 0.339 e. The molecule has 16 heavy (non-hydrogen) atoms. The molecule has 0 saturated carbocycles. The fourth-order valence-corrected chi connectivity index (χ4v) is 2.26. The summed E-state index contributed by atoms with van der Waals surface area (Å²) in [6, 6.07) is 5.45. The fourth-order valence-electron chi connectivity index (χ4n) is 1.27. The van der Waals surface area contributed by atoms with Gasteiger partial charge in [0.1, 0.15) is 0 Å². The highest BCUT2D eigenvalue weighted by atomic mass is 79.9. The molecule has 1 unspecified atom stereocenters. The van der Waals surface area contributed by atoms with Crippen molar-refractivity contribution in [2.75, 3.05) is 12.9 Å². The monoisotopic (exact) mass is 304 g/mol. The lowest BCUT2D eigenvalue weighted by atomic mass is 10.1. The highest BCUT2D eigenvalue weighted by molar-refractivity contribution is 9.10. The summed E-state index contributed by atoms with van der Waals surface area (Å²) < 4.78 is 5.61. The molecular formula is C11H13BrO3S. The van der Waals surface area contributed by atoms with E-state index < -0.39 is 12.1 Å². The van der Waals surface area contributed by atoms with Crippen LogP contribution in [0.1, 0.15) is 18.6 Å². The lowest BCUT2D eigenvalue weighted by Crippen LogP contribution is -2.16. The van der Waals surface area contributed by atoms with Crippen molar-refractivity contribution in [3.63, 3.8) is 0 Å². The van der Waals surface area contributed by atoms with E-state index in [9.17, 15) is 9.90 Å². The Morgan fingerprint density at radius 3 is 2.88 bits per heavy atom. The molecule has 0 saturated heterocycles. The van der Waals surface area contributed by atoms with Gasteiger partial charge in [-0.2, -0.15) is 0 Å². The Bertz CT molecular complexity index is 381. The lowest BCUT2D eigenvalue weighted by molar-refractivity contribution is -0.153. The molecule has 1 atom stereocenters. The highest BCUT2D eigenvalue weighted by Gasteiger charge is 2.21. The van der Waals surface area contributed by atoms with Gasteiger partial charge in [0.25, 0.3) is 0 Å². The van der Waals surface area contributed by atoms with E-state index in [1.54, 1.807) is 13.0 Å². The van der Waals surface area contributed by atoms with E-state index in [0.29, 0.717) is 5.56 Å². The molecule has 0 spiro atoms. The molecule has 0 aliphatic carbocycles. The molecule has 1 aromatic rings. The Hall–Kier alpha value is -0.520. The summed E-state index contributed by atoms with van der Waals surface area (Å²) in [6.45, 7) is 1.97. The molecule has 0 bridgehead atoms. The van der Waals surface area contributed by atoms with Crippen LogP contribution in [0.4, 0.5) is 0 Å². The van der Waals surface area contributed by atoms with E-state index in [1.165, 1.54) is 11.8 Å². The van der Waals surface area contributed by atoms with E-state index >= 15 is 0 Å². The number of esters is 1. The van der Waals surface area contributed by atoms with Gasteiger partial charge >= 0.3 is 5.97 Å². The van der Waals surface area contributed by atoms with Crippen LogP contribution < -0.4 is 0 Å². The first kappa shape index (κ1) is 13.5. The molecule has 5 heteroatoms. The van der Waals surface area contributed by atoms with E-state index in [2.05, 4.69) is 15.9 Å². The lowest BCUT2D eigenvalue weighted by Gasteiger charge is -2.13. The summed E-state index contributed by atoms with van der Waals surface area (Å²) in [6.07, 6.45) is 0.671. The predicted octanol–water partition coefficient (Wildman–Crippen LogP) is 2.77. The molecule has 1 rings (SSSR count). The number of hydrogen-bond donors (Lipinski definition) is 1. The largest absolute Gasteiger partial charge is 0.464 e. The number of benzene rings is 1. The number of aliphatic hydroxyl groups excluding tert-OH is 1. The van der Waals surface area contributed by atoms with Crippen molar-refractivity contribution in [1.82, 2.24) is 0 Å². The second kappa shape index (κ2) is 6.27. The number of thioether (sulfide) groups is 1. The van der Waals surface area contributed by atoms with Crippen molar-refractivity contribution in [3.05, 3.63) is 28.2 Å². The molecule has 88 valence electrons. The number of carbonyl (C=O) groups is 1. The average Bonchev–Trinajstić information content (AvgIpc) is 2.28. The summed E-state index contributed by atoms with van der Waals surface area (Å²) in [5, 5.41) is 9.85. The molecule has 3 nitrogen and oxygen atoms in total. The van der Waals surface area contributed by atoms with Crippen LogP contribution in [0.5, 0.6) is 0 Å². The minimum absolute atomic E-state index is 0.262. The maximum absolute atomic E-state index is 11.4. The first-order chi connectivity index (χ1) is 7.60. The van der Waals surface area contributed by atoms with Crippen LogP contribution in [0.25, 0.3) is 0 Å². The van der Waals surface area contributed by atoms with Gasteiger partial charge in [0.2, 0.25) is 0 Å². The van der Waals surface area contributed by atoms with Crippen molar-refractivity contribution < 1.29 is 14.6 Å². The quantitative estimate of drug-likeness (QED) is 0.686. The Kier molecular flexibility index (Phi) is 5.31. The van der Waals surface area contributed by atoms with E-state index in [4.69, 9.17) is 4.74 Å². The van der Waals surface area contributed by atoms with Crippen molar-refractivity contribution in [1.29, 1.82) is 0 Å². The van der Waals surface area contributed by atoms with Crippen LogP contribution in [0.15, 0.2) is 27.6 Å². The van der Waals surface area contributed by atoms with Gasteiger partial charge in [-0.3, -0.25) is 0 Å². The molecular weight excluding hydrogens is 292 g/mol. The Labute approximate surface area is 107 Å². The molecule has 0 amide bonds. The molecule has 1 N–H and O–H groups in total. The van der Waals surface area contributed by atoms with Crippen LogP contribution in [0.3, 0.4) is 0 Å². The smallest absolute Gasteiger partial charge is 0.339 e. The molecule has 0 heterocycles. The molecule has 0 aliphatic heterocycles. The Morgan fingerprint density at radius 2 is 2.31 bits per heavy atom. The second-order valence-electron chi connectivity index (χ2n) is 3.04. The van der Waals surface area contributed by atoms with Crippen LogP contribution in [-0.2, 0) is 9.53 Å². The zero-order valence-electron chi connectivity index (χ0n) is 9.07. The Balaban J connectivity index is 3.01. The van der Waals surface area contributed by atoms with Crippen LogP contribution in [-0.4, -0.2) is 23.9 Å². The number of hydrogen-bond acceptors (Lipinski definition) is 4. The standard InChI is InChI=1S/C11H13BrO3S/c1-3-15-11(14)10(13)8-6-7(12)4-5-9(8)16-2/h4-6,10,13H,3H2,1-2H3. The van der Waals surface area contributed by atoms with Crippen molar-refractivity contribution in [3.8, 4) is 0 Å². The minimum Gasteiger partial charge on any atom is -0.464 e. The zero-order valence-corrected chi connectivity index (χ0v) is 11.5. The van der Waals surface area contributed by atoms with Gasteiger partial charge in [0, 0.05) is 14.9 Å². The summed E-state index contributed by atoms with van der Waals surface area (Å²) in [4.78, 5) is 12.3. The normalized spacial score (nSPS) is 12.2. The van der Waals surface area contributed by atoms with E-state index in [-0.39, 0.29) is 6.61 Å². The third-order valence-corrected chi connectivity index (χ3v) is 3.30. The van der Waals surface area contributed by atoms with Crippen LogP contribution in [0.2, 0.25) is 0 Å². The SMILES string of the molecule is CCOC(=O)C(O)c1cc(Br)ccc1SC. The summed E-state index contributed by atoms with van der Waals surface area (Å²) in [5.41, 5.74) is 0.570. The molecule has 0 fully saturated rings. The first-order valence-corrected chi connectivity index (χ1v) is 6.80. The van der Waals surface area contributed by atoms with Crippen molar-refractivity contribution in [2.24, 2.45) is 0 Å². The van der Waals surface area contributed by atoms with Crippen LogP contribution in [0, 0.1) is 0 Å². The molecule has 0 aromatic heterocycles. The van der Waals surface area contributed by atoms with Crippen LogP contribution >= 0.6 is 27.7 Å². The number of carbonyl (C=O) groups excluding carboxylic acids is 1. The van der Waals surface area contributed by atoms with E-state index in [1.807, 2.05) is 18.4 Å². The third kappa shape index (κ3) is 3.23. The number of halogens is 1. The average molecular weight is 305 g/mol. The minimum atomic E-state index is -1.22. The van der Waals surface area contributed by atoms with Gasteiger partial charge in [0.15, 0.2) is 6.10 Å². The van der Waals surface area contributed by atoms with Gasteiger partial charge in [-0.25, -0.2) is 4.79 Å². The van der Waals surface area contributed by atoms with Gasteiger partial charge in [-0.15, -0.1) is 11.8 Å². The summed E-state index contributed by atoms with van der Waals surface area (Å²) >= 11 is 4.79. The predicted molar refractivity (Wildman–Crippen MR) is 67.5 cm³/mol. The Morgan fingerprint density at radius 1 is 1.62 bits per heavy atom. The molecule has 0 radical (unpaired) electrons. The van der Waals surface area contributed by atoms with Gasteiger partial charge < -0.3 is 9.84 Å². The first-order valence-electron chi connectivity index (χ1n) is 4.78. The third-order valence-electron chi connectivity index (χ3n) is 2.00. The summed E-state index contributed by atoms with van der Waals surface area (Å²) in [7, 11) is 0. The molecule has 1 aromatic carbocycles.